The Balaban J connectivity index is 1.81. The molecule has 0 aliphatic rings. The van der Waals surface area contributed by atoms with Gasteiger partial charge in [-0.2, -0.15) is 0 Å². The first-order valence-corrected chi connectivity index (χ1v) is 11.5. The van der Waals surface area contributed by atoms with Crippen molar-refractivity contribution >= 4 is 22.6 Å². The molecular weight excluding hydrogens is 457 g/mol. The molecule has 1 atom stereocenters. The van der Waals surface area contributed by atoms with Crippen molar-refractivity contribution in [3.05, 3.63) is 78.3 Å². The summed E-state index contributed by atoms with van der Waals surface area (Å²) in [7, 11) is 1.54. The molecule has 3 rings (SSSR count). The maximum absolute atomic E-state index is 14.7. The molecule has 0 aliphatic heterocycles. The highest BCUT2D eigenvalue weighted by Gasteiger charge is 2.25. The number of hydrogen-bond donors (Lipinski definition) is 0. The lowest BCUT2D eigenvalue weighted by molar-refractivity contribution is -0.147. The van der Waals surface area contributed by atoms with E-state index in [1.807, 2.05) is 0 Å². The number of carbonyl (C=O) groups is 1. The van der Waals surface area contributed by atoms with Crippen molar-refractivity contribution in [1.29, 1.82) is 0 Å². The molecule has 0 N–H and O–H groups in total. The van der Waals surface area contributed by atoms with Crippen molar-refractivity contribution < 1.29 is 27.4 Å². The van der Waals surface area contributed by atoms with Crippen LogP contribution in [0.4, 0.5) is 18.9 Å². The molecule has 0 fully saturated rings. The molecular formula is C27H29F3N2O3. The third kappa shape index (κ3) is 6.53. The molecule has 1 unspecified atom stereocenters. The van der Waals surface area contributed by atoms with Crippen LogP contribution in [0.5, 0.6) is 5.75 Å². The predicted molar refractivity (Wildman–Crippen MR) is 130 cm³/mol. The summed E-state index contributed by atoms with van der Waals surface area (Å²) in [6, 6.07) is 8.43. The minimum Gasteiger partial charge on any atom is -0.497 e. The highest BCUT2D eigenvalue weighted by Crippen LogP contribution is 2.27. The van der Waals surface area contributed by atoms with Crippen molar-refractivity contribution in [2.24, 2.45) is 5.92 Å². The number of carbonyl (C=O) groups excluding carboxylic acids is 1. The van der Waals surface area contributed by atoms with Crippen LogP contribution < -0.4 is 9.64 Å². The van der Waals surface area contributed by atoms with Crippen LogP contribution in [-0.4, -0.2) is 37.8 Å². The summed E-state index contributed by atoms with van der Waals surface area (Å²) in [6.07, 6.45) is 3.91. The lowest BCUT2D eigenvalue weighted by Gasteiger charge is -2.28. The van der Waals surface area contributed by atoms with Gasteiger partial charge in [0.05, 0.1) is 37.0 Å². The number of aryl methyl sites for hydroxylation is 1. The number of pyridine rings is 1. The number of benzene rings is 2. The van der Waals surface area contributed by atoms with Crippen LogP contribution in [0.25, 0.3) is 10.9 Å². The summed E-state index contributed by atoms with van der Waals surface area (Å²) in [5, 5.41) is 0.646. The van der Waals surface area contributed by atoms with Crippen LogP contribution in [-0.2, 0) is 16.0 Å². The SMILES string of the molecule is C=CCN(CC(CCCc1c(F)cnc2ccc(OC)cc12)C(=O)OCC)c1cc(F)ccc1F. The first kappa shape index (κ1) is 26.1. The average Bonchev–Trinajstić information content (AvgIpc) is 2.85. The third-order valence-corrected chi connectivity index (χ3v) is 5.77. The molecule has 3 aromatic rings. The Morgan fingerprint density at radius 2 is 1.97 bits per heavy atom. The minimum absolute atomic E-state index is 0.0393. The Labute approximate surface area is 203 Å². The average molecular weight is 487 g/mol. The first-order chi connectivity index (χ1) is 16.9. The lowest BCUT2D eigenvalue weighted by atomic mass is 9.96. The zero-order chi connectivity index (χ0) is 25.4. The highest BCUT2D eigenvalue weighted by molar-refractivity contribution is 5.83. The Morgan fingerprint density at radius 1 is 1.17 bits per heavy atom. The van der Waals surface area contributed by atoms with Crippen molar-refractivity contribution in [2.75, 3.05) is 31.7 Å². The van der Waals surface area contributed by atoms with Crippen LogP contribution >= 0.6 is 0 Å². The number of esters is 1. The maximum Gasteiger partial charge on any atom is 0.310 e. The van der Waals surface area contributed by atoms with Gasteiger partial charge in [-0.1, -0.05) is 6.08 Å². The summed E-state index contributed by atoms with van der Waals surface area (Å²) in [5.74, 6) is -2.11. The van der Waals surface area contributed by atoms with Crippen molar-refractivity contribution in [3.8, 4) is 5.75 Å². The van der Waals surface area contributed by atoms with Gasteiger partial charge >= 0.3 is 5.97 Å². The fourth-order valence-electron chi connectivity index (χ4n) is 4.07. The molecule has 0 saturated carbocycles. The number of nitrogens with zero attached hydrogens (tertiary/aromatic N) is 2. The standard InChI is InChI=1S/C27H29F3N2O3/c1-4-13-32(26-14-19(28)9-11-23(26)29)17-18(27(33)35-5-2)7-6-8-21-22-15-20(34-3)10-12-25(22)31-16-24(21)30/h4,9-12,14-16,18H,1,5-8,13,17H2,2-3H3. The summed E-state index contributed by atoms with van der Waals surface area (Å²) in [6.45, 7) is 5.89. The predicted octanol–water partition coefficient (Wildman–Crippen LogP) is 5.86. The number of anilines is 1. The number of halogens is 3. The Bertz CT molecular complexity index is 1190. The van der Waals surface area contributed by atoms with Crippen LogP contribution in [0.1, 0.15) is 25.3 Å². The topological polar surface area (TPSA) is 51.7 Å². The zero-order valence-electron chi connectivity index (χ0n) is 19.9. The number of aromatic nitrogens is 1. The number of hydrogen-bond acceptors (Lipinski definition) is 5. The molecule has 1 aromatic heterocycles. The van der Waals surface area contributed by atoms with Gasteiger partial charge in [0.1, 0.15) is 23.2 Å². The van der Waals surface area contributed by atoms with Crippen molar-refractivity contribution in [2.45, 2.75) is 26.2 Å². The van der Waals surface area contributed by atoms with E-state index in [1.54, 1.807) is 36.1 Å². The molecule has 35 heavy (non-hydrogen) atoms. The monoisotopic (exact) mass is 486 g/mol. The van der Waals surface area contributed by atoms with Gasteiger partial charge < -0.3 is 14.4 Å². The quantitative estimate of drug-likeness (QED) is 0.237. The molecule has 0 aliphatic carbocycles. The van der Waals surface area contributed by atoms with Gasteiger partial charge in [0, 0.05) is 24.5 Å². The number of fused-ring (bicyclic) bond motifs is 1. The van der Waals surface area contributed by atoms with E-state index in [9.17, 15) is 18.0 Å². The summed E-state index contributed by atoms with van der Waals surface area (Å²) >= 11 is 0. The molecule has 0 saturated heterocycles. The molecule has 0 radical (unpaired) electrons. The first-order valence-electron chi connectivity index (χ1n) is 11.5. The number of rotatable bonds is 12. The smallest absolute Gasteiger partial charge is 0.310 e. The normalized spacial score (nSPS) is 11.8. The van der Waals surface area contributed by atoms with Crippen LogP contribution in [0.15, 0.2) is 55.3 Å². The maximum atomic E-state index is 14.7. The fourth-order valence-corrected chi connectivity index (χ4v) is 4.07. The summed E-state index contributed by atoms with van der Waals surface area (Å²) in [4.78, 5) is 18.4. The van der Waals surface area contributed by atoms with E-state index in [0.29, 0.717) is 41.5 Å². The van der Waals surface area contributed by atoms with Gasteiger partial charge in [-0.15, -0.1) is 6.58 Å². The van der Waals surface area contributed by atoms with Crippen LogP contribution in [0.3, 0.4) is 0 Å². The van der Waals surface area contributed by atoms with E-state index in [0.717, 1.165) is 18.2 Å². The van der Waals surface area contributed by atoms with E-state index in [2.05, 4.69) is 11.6 Å². The van der Waals surface area contributed by atoms with E-state index < -0.39 is 29.3 Å². The third-order valence-electron chi connectivity index (χ3n) is 5.77. The van der Waals surface area contributed by atoms with Crippen LogP contribution in [0, 0.1) is 23.4 Å². The largest absolute Gasteiger partial charge is 0.497 e. The molecule has 186 valence electrons. The zero-order valence-corrected chi connectivity index (χ0v) is 19.9. The second kappa shape index (κ2) is 12.2. The van der Waals surface area contributed by atoms with Crippen molar-refractivity contribution in [1.82, 2.24) is 4.98 Å². The van der Waals surface area contributed by atoms with E-state index >= 15 is 0 Å². The van der Waals surface area contributed by atoms with Gasteiger partial charge in [-0.05, 0) is 62.1 Å². The van der Waals surface area contributed by atoms with E-state index in [1.165, 1.54) is 13.3 Å². The van der Waals surface area contributed by atoms with Gasteiger partial charge in [0.25, 0.3) is 0 Å². The molecule has 5 nitrogen and oxygen atoms in total. The van der Waals surface area contributed by atoms with Gasteiger partial charge in [0.15, 0.2) is 0 Å². The fraction of sp³-hybridized carbons (Fsp3) is 0.333. The van der Waals surface area contributed by atoms with E-state index in [4.69, 9.17) is 9.47 Å². The molecule has 8 heteroatoms. The Hall–Kier alpha value is -3.55. The van der Waals surface area contributed by atoms with E-state index in [-0.39, 0.29) is 25.4 Å². The Kier molecular flexibility index (Phi) is 9.11. The highest BCUT2D eigenvalue weighted by atomic mass is 19.1. The molecule has 1 heterocycles. The minimum atomic E-state index is -0.636. The Morgan fingerprint density at radius 3 is 2.69 bits per heavy atom. The van der Waals surface area contributed by atoms with Crippen molar-refractivity contribution in [3.63, 3.8) is 0 Å². The number of ether oxygens (including phenoxy) is 2. The van der Waals surface area contributed by atoms with Gasteiger partial charge in [-0.3, -0.25) is 9.78 Å². The number of methoxy groups -OCH3 is 1. The molecule has 0 spiro atoms. The van der Waals surface area contributed by atoms with Gasteiger partial charge in [0.2, 0.25) is 0 Å². The molecule has 0 amide bonds. The summed E-state index contributed by atoms with van der Waals surface area (Å²) < 4.78 is 53.5. The lowest BCUT2D eigenvalue weighted by Crippen LogP contribution is -2.35. The second-order valence-electron chi connectivity index (χ2n) is 8.10. The molecule has 0 bridgehead atoms. The summed E-state index contributed by atoms with van der Waals surface area (Å²) in [5.41, 5.74) is 1.16. The van der Waals surface area contributed by atoms with Crippen LogP contribution in [0.2, 0.25) is 0 Å². The van der Waals surface area contributed by atoms with Gasteiger partial charge in [-0.25, -0.2) is 13.2 Å². The second-order valence-corrected chi connectivity index (χ2v) is 8.10. The molecule has 2 aromatic carbocycles.